The molecule has 0 unspecified atom stereocenters. The van der Waals surface area contributed by atoms with E-state index in [1.807, 2.05) is 61.5 Å². The summed E-state index contributed by atoms with van der Waals surface area (Å²) in [5.41, 5.74) is 5.27. The van der Waals surface area contributed by atoms with Gasteiger partial charge in [-0.1, -0.05) is 48.0 Å². The molecule has 0 aliphatic carbocycles. The first-order valence-electron chi connectivity index (χ1n) is 9.76. The van der Waals surface area contributed by atoms with Crippen LogP contribution >= 0.6 is 38.5 Å². The molecule has 0 aromatic heterocycles. The number of ether oxygens (including phenoxy) is 1. The molecule has 31 heavy (non-hydrogen) atoms. The number of para-hydroxylation sites is 1. The highest BCUT2D eigenvalue weighted by molar-refractivity contribution is 14.1. The second-order valence-electron chi connectivity index (χ2n) is 7.29. The molecule has 0 radical (unpaired) electrons. The number of halogens is 2. The van der Waals surface area contributed by atoms with Crippen molar-refractivity contribution in [2.24, 2.45) is 5.10 Å². The molecule has 0 spiro atoms. The van der Waals surface area contributed by atoms with Crippen LogP contribution in [0, 0.1) is 10.5 Å². The first-order chi connectivity index (χ1) is 14.9. The maximum atomic E-state index is 12.9. The molecule has 0 fully saturated rings. The van der Waals surface area contributed by atoms with Crippen LogP contribution in [0.15, 0.2) is 81.9 Å². The molecule has 0 N–H and O–H groups in total. The van der Waals surface area contributed by atoms with E-state index in [1.165, 1.54) is 10.6 Å². The molecule has 3 aromatic rings. The van der Waals surface area contributed by atoms with Crippen LogP contribution in [0.1, 0.15) is 23.6 Å². The lowest BCUT2D eigenvalue weighted by Gasteiger charge is -2.13. The Hall–Kier alpha value is -2.45. The molecule has 1 amide bonds. The third-order valence-corrected chi connectivity index (χ3v) is 6.25. The molecule has 0 bridgehead atoms. The van der Waals surface area contributed by atoms with Gasteiger partial charge in [0.15, 0.2) is 0 Å². The van der Waals surface area contributed by atoms with Gasteiger partial charge in [0.05, 0.1) is 25.0 Å². The van der Waals surface area contributed by atoms with Crippen LogP contribution in [0.4, 0.5) is 5.69 Å². The zero-order valence-electron chi connectivity index (χ0n) is 17.1. The second kappa shape index (κ2) is 9.36. The number of rotatable bonds is 5. The minimum atomic E-state index is -0.130. The molecule has 0 saturated carbocycles. The summed E-state index contributed by atoms with van der Waals surface area (Å²) in [5, 5.41) is 5.89. The third kappa shape index (κ3) is 4.91. The molecule has 1 aliphatic heterocycles. The summed E-state index contributed by atoms with van der Waals surface area (Å²) < 4.78 is 7.89. The van der Waals surface area contributed by atoms with E-state index in [2.05, 4.69) is 68.7 Å². The van der Waals surface area contributed by atoms with E-state index in [-0.39, 0.29) is 5.91 Å². The van der Waals surface area contributed by atoms with Gasteiger partial charge in [0, 0.05) is 0 Å². The zero-order chi connectivity index (χ0) is 22.0. The van der Waals surface area contributed by atoms with Gasteiger partial charge in [-0.3, -0.25) is 4.79 Å². The Bertz CT molecular complexity index is 1180. The number of anilines is 1. The number of hydrogen-bond donors (Lipinski definition) is 0. The maximum absolute atomic E-state index is 12.9. The van der Waals surface area contributed by atoms with Crippen molar-refractivity contribution < 1.29 is 9.53 Å². The first kappa shape index (κ1) is 21.8. The van der Waals surface area contributed by atoms with Crippen molar-refractivity contribution in [1.82, 2.24) is 0 Å². The molecule has 4 nitrogen and oxygen atoms in total. The van der Waals surface area contributed by atoms with Gasteiger partial charge in [-0.15, -0.1) is 0 Å². The number of benzene rings is 3. The molecule has 1 heterocycles. The van der Waals surface area contributed by atoms with Crippen molar-refractivity contribution >= 4 is 61.9 Å². The van der Waals surface area contributed by atoms with Crippen LogP contribution < -0.4 is 9.75 Å². The summed E-state index contributed by atoms with van der Waals surface area (Å²) in [6, 6.07) is 21.7. The van der Waals surface area contributed by atoms with Gasteiger partial charge in [-0.25, -0.2) is 0 Å². The molecule has 3 aromatic carbocycles. The van der Waals surface area contributed by atoms with Gasteiger partial charge in [-0.2, -0.15) is 10.1 Å². The topological polar surface area (TPSA) is 41.9 Å². The minimum absolute atomic E-state index is 0.130. The van der Waals surface area contributed by atoms with Crippen LogP contribution in [0.25, 0.3) is 6.08 Å². The van der Waals surface area contributed by atoms with Crippen molar-refractivity contribution in [2.75, 3.05) is 5.01 Å². The molecule has 0 saturated heterocycles. The average molecular weight is 587 g/mol. The monoisotopic (exact) mass is 586 g/mol. The SMILES string of the molecule is CC1=NN(c2ccccc2)C(=O)/C1=C/c1cc(Br)c(OCc2cccc(C)c2)c(I)c1. The van der Waals surface area contributed by atoms with E-state index in [9.17, 15) is 4.79 Å². The summed E-state index contributed by atoms with van der Waals surface area (Å²) in [6.45, 7) is 4.42. The van der Waals surface area contributed by atoms with E-state index in [1.54, 1.807) is 0 Å². The van der Waals surface area contributed by atoms with Gasteiger partial charge >= 0.3 is 0 Å². The standard InChI is InChI=1S/C25H20BrIN2O2/c1-16-7-6-8-18(11-16)15-31-24-22(26)13-19(14-23(24)27)12-21-17(2)28-29(25(21)30)20-9-4-3-5-10-20/h3-14H,15H2,1-2H3/b21-12+. The van der Waals surface area contributed by atoms with Crippen molar-refractivity contribution in [3.05, 3.63) is 97.0 Å². The summed E-state index contributed by atoms with van der Waals surface area (Å²) in [5.74, 6) is 0.660. The highest BCUT2D eigenvalue weighted by Crippen LogP contribution is 2.34. The molecule has 4 rings (SSSR count). The van der Waals surface area contributed by atoms with E-state index in [0.29, 0.717) is 17.9 Å². The lowest BCUT2D eigenvalue weighted by Crippen LogP contribution is -2.21. The van der Waals surface area contributed by atoms with Crippen molar-refractivity contribution in [1.29, 1.82) is 0 Å². The Labute approximate surface area is 203 Å². The Morgan fingerprint density at radius 1 is 1.06 bits per heavy atom. The Kier molecular flexibility index (Phi) is 6.57. The van der Waals surface area contributed by atoms with Gasteiger partial charge in [0.2, 0.25) is 0 Å². The fraction of sp³-hybridized carbons (Fsp3) is 0.120. The van der Waals surface area contributed by atoms with Crippen LogP contribution in [-0.2, 0) is 11.4 Å². The first-order valence-corrected chi connectivity index (χ1v) is 11.6. The van der Waals surface area contributed by atoms with Crippen molar-refractivity contribution in [3.63, 3.8) is 0 Å². The molecule has 1 aliphatic rings. The Morgan fingerprint density at radius 2 is 1.84 bits per heavy atom. The smallest absolute Gasteiger partial charge is 0.280 e. The largest absolute Gasteiger partial charge is 0.487 e. The van der Waals surface area contributed by atoms with Crippen LogP contribution in [0.5, 0.6) is 5.75 Å². The number of hydrazone groups is 1. The number of amides is 1. The van der Waals surface area contributed by atoms with E-state index < -0.39 is 0 Å². The fourth-order valence-corrected chi connectivity index (χ4v) is 5.12. The van der Waals surface area contributed by atoms with Crippen molar-refractivity contribution in [2.45, 2.75) is 20.5 Å². The number of nitrogens with zero attached hydrogens (tertiary/aromatic N) is 2. The lowest BCUT2D eigenvalue weighted by molar-refractivity contribution is -0.114. The fourth-order valence-electron chi connectivity index (χ4n) is 3.35. The minimum Gasteiger partial charge on any atom is -0.487 e. The average Bonchev–Trinajstić information content (AvgIpc) is 3.02. The Morgan fingerprint density at radius 3 is 2.55 bits per heavy atom. The second-order valence-corrected chi connectivity index (χ2v) is 9.30. The number of aryl methyl sites for hydroxylation is 1. The van der Waals surface area contributed by atoms with Crippen LogP contribution in [-0.4, -0.2) is 11.6 Å². The summed E-state index contributed by atoms with van der Waals surface area (Å²) in [6.07, 6.45) is 1.88. The molecular weight excluding hydrogens is 567 g/mol. The molecule has 6 heteroatoms. The number of carbonyl (C=O) groups excluding carboxylic acids is 1. The maximum Gasteiger partial charge on any atom is 0.280 e. The van der Waals surface area contributed by atoms with Crippen LogP contribution in [0.2, 0.25) is 0 Å². The highest BCUT2D eigenvalue weighted by Gasteiger charge is 2.28. The summed E-state index contributed by atoms with van der Waals surface area (Å²) >= 11 is 5.89. The van der Waals surface area contributed by atoms with E-state index >= 15 is 0 Å². The van der Waals surface area contributed by atoms with E-state index in [0.717, 1.165) is 30.6 Å². The quantitative estimate of drug-likeness (QED) is 0.245. The molecule has 156 valence electrons. The number of hydrogen-bond acceptors (Lipinski definition) is 3. The Balaban J connectivity index is 1.56. The molecule has 0 atom stereocenters. The van der Waals surface area contributed by atoms with Crippen LogP contribution in [0.3, 0.4) is 0 Å². The normalized spacial score (nSPS) is 14.8. The van der Waals surface area contributed by atoms with E-state index in [4.69, 9.17) is 4.74 Å². The van der Waals surface area contributed by atoms with Gasteiger partial charge in [0.25, 0.3) is 5.91 Å². The van der Waals surface area contributed by atoms with Gasteiger partial charge in [0.1, 0.15) is 12.4 Å². The van der Waals surface area contributed by atoms with Crippen molar-refractivity contribution in [3.8, 4) is 5.75 Å². The summed E-state index contributed by atoms with van der Waals surface area (Å²) in [7, 11) is 0. The molecular formula is C25H20BrIN2O2. The number of carbonyl (C=O) groups is 1. The zero-order valence-corrected chi connectivity index (χ0v) is 20.8. The predicted molar refractivity (Wildman–Crippen MR) is 137 cm³/mol. The third-order valence-electron chi connectivity index (χ3n) is 4.86. The summed E-state index contributed by atoms with van der Waals surface area (Å²) in [4.78, 5) is 12.9. The van der Waals surface area contributed by atoms with Gasteiger partial charge < -0.3 is 4.74 Å². The predicted octanol–water partition coefficient (Wildman–Crippen LogP) is 6.75. The highest BCUT2D eigenvalue weighted by atomic mass is 127. The van der Waals surface area contributed by atoms with Gasteiger partial charge in [-0.05, 0) is 93.8 Å². The lowest BCUT2D eigenvalue weighted by atomic mass is 10.1.